The number of amides is 1. The summed E-state index contributed by atoms with van der Waals surface area (Å²) in [6.07, 6.45) is -3.23. The number of rotatable bonds is 3. The van der Waals surface area contributed by atoms with Gasteiger partial charge in [-0.2, -0.15) is 13.2 Å². The van der Waals surface area contributed by atoms with Crippen LogP contribution in [0, 0.1) is 5.82 Å². The van der Waals surface area contributed by atoms with Crippen molar-refractivity contribution in [3.8, 4) is 28.5 Å². The van der Waals surface area contributed by atoms with E-state index >= 15 is 0 Å². The van der Waals surface area contributed by atoms with Gasteiger partial charge in [0.2, 0.25) is 0 Å². The van der Waals surface area contributed by atoms with Crippen LogP contribution in [-0.2, 0) is 6.18 Å². The van der Waals surface area contributed by atoms with E-state index in [0.29, 0.717) is 40.9 Å². The number of hydrogen-bond acceptors (Lipinski definition) is 5. The lowest BCUT2D eigenvalue weighted by Gasteiger charge is -2.12. The number of halogens is 4. The fourth-order valence-corrected chi connectivity index (χ4v) is 4.25. The Bertz CT molecular complexity index is 1700. The molecule has 1 amide bonds. The molecule has 38 heavy (non-hydrogen) atoms. The van der Waals surface area contributed by atoms with Crippen LogP contribution in [0.25, 0.3) is 28.5 Å². The van der Waals surface area contributed by atoms with Crippen LogP contribution in [0.2, 0.25) is 0 Å². The first-order valence-electron chi connectivity index (χ1n) is 11.4. The Hall–Kier alpha value is -5.06. The third-order valence-electron chi connectivity index (χ3n) is 6.05. The lowest BCUT2D eigenvalue weighted by atomic mass is 10.1. The largest absolute Gasteiger partial charge is 0.419 e. The standard InChI is InChI=1S/C27H16F4N6O/c28-20-12-9-16(14-19(20)27(29,30)31)26(38)33-17-10-7-15(8-11-17)24-35-36-25-18-4-1-2-5-21(18)34-23-22(37(24)25)6-3-13-32-23/h1-14H,(H,32,34)(H,33,38). The molecule has 0 fully saturated rings. The summed E-state index contributed by atoms with van der Waals surface area (Å²) in [5.41, 5.74) is 1.61. The molecule has 6 rings (SSSR count). The average Bonchev–Trinajstić information content (AvgIpc) is 3.28. The zero-order valence-corrected chi connectivity index (χ0v) is 19.3. The monoisotopic (exact) mass is 516 g/mol. The van der Waals surface area contributed by atoms with Gasteiger partial charge in [-0.3, -0.25) is 9.36 Å². The minimum absolute atomic E-state index is 0.319. The summed E-state index contributed by atoms with van der Waals surface area (Å²) in [6, 6.07) is 20.1. The van der Waals surface area contributed by atoms with Crippen molar-refractivity contribution >= 4 is 23.1 Å². The maximum absolute atomic E-state index is 13.6. The Labute approximate surface area is 212 Å². The summed E-state index contributed by atoms with van der Waals surface area (Å²) in [5, 5.41) is 14.7. The van der Waals surface area contributed by atoms with E-state index in [1.54, 1.807) is 30.5 Å². The van der Waals surface area contributed by atoms with Crippen LogP contribution < -0.4 is 10.6 Å². The van der Waals surface area contributed by atoms with Gasteiger partial charge >= 0.3 is 6.18 Å². The Morgan fingerprint density at radius 2 is 1.66 bits per heavy atom. The van der Waals surface area contributed by atoms with Crippen LogP contribution in [0.4, 0.5) is 34.8 Å². The molecule has 0 radical (unpaired) electrons. The van der Waals surface area contributed by atoms with Crippen molar-refractivity contribution in [3.63, 3.8) is 0 Å². The normalized spacial score (nSPS) is 12.0. The topological polar surface area (TPSA) is 84.7 Å². The fourth-order valence-electron chi connectivity index (χ4n) is 4.25. The number of nitrogens with zero attached hydrogens (tertiary/aromatic N) is 4. The molecule has 188 valence electrons. The van der Waals surface area contributed by atoms with Crippen LogP contribution in [0.3, 0.4) is 0 Å². The van der Waals surface area contributed by atoms with Crippen LogP contribution in [0.1, 0.15) is 15.9 Å². The van der Waals surface area contributed by atoms with Crippen molar-refractivity contribution in [3.05, 3.63) is 102 Å². The number of aromatic nitrogens is 4. The van der Waals surface area contributed by atoms with Crippen molar-refractivity contribution in [1.82, 2.24) is 19.7 Å². The van der Waals surface area contributed by atoms with E-state index in [4.69, 9.17) is 0 Å². The third-order valence-corrected chi connectivity index (χ3v) is 6.05. The predicted molar refractivity (Wildman–Crippen MR) is 133 cm³/mol. The fraction of sp³-hybridized carbons (Fsp3) is 0.0370. The van der Waals surface area contributed by atoms with Gasteiger partial charge in [0, 0.05) is 28.6 Å². The average molecular weight is 516 g/mol. The highest BCUT2D eigenvalue weighted by molar-refractivity contribution is 6.04. The first-order valence-corrected chi connectivity index (χ1v) is 11.4. The molecule has 5 aromatic rings. The molecule has 3 heterocycles. The third kappa shape index (κ3) is 4.03. The number of para-hydroxylation sites is 1. The van der Waals surface area contributed by atoms with Crippen molar-refractivity contribution in [2.24, 2.45) is 0 Å². The molecule has 3 aromatic carbocycles. The first kappa shape index (κ1) is 23.3. The number of alkyl halides is 3. The maximum atomic E-state index is 13.6. The number of hydrogen-bond donors (Lipinski definition) is 2. The van der Waals surface area contributed by atoms with Gasteiger partial charge in [-0.25, -0.2) is 9.37 Å². The summed E-state index contributed by atoms with van der Waals surface area (Å²) in [7, 11) is 0. The number of pyridine rings is 1. The quantitative estimate of drug-likeness (QED) is 0.264. The molecule has 0 atom stereocenters. The van der Waals surface area contributed by atoms with Gasteiger partial charge in [0.05, 0.1) is 16.9 Å². The van der Waals surface area contributed by atoms with Crippen LogP contribution in [-0.4, -0.2) is 25.7 Å². The van der Waals surface area contributed by atoms with Crippen LogP contribution in [0.15, 0.2) is 85.1 Å². The second-order valence-electron chi connectivity index (χ2n) is 8.45. The van der Waals surface area contributed by atoms with E-state index in [1.165, 1.54) is 0 Å². The Kier molecular flexibility index (Phi) is 5.41. The van der Waals surface area contributed by atoms with Gasteiger partial charge in [-0.1, -0.05) is 12.1 Å². The molecular weight excluding hydrogens is 500 g/mol. The molecule has 0 spiro atoms. The Balaban J connectivity index is 1.33. The highest BCUT2D eigenvalue weighted by Crippen LogP contribution is 2.39. The minimum atomic E-state index is -4.91. The Morgan fingerprint density at radius 3 is 2.45 bits per heavy atom. The first-order chi connectivity index (χ1) is 18.3. The van der Waals surface area contributed by atoms with Gasteiger partial charge in [0.15, 0.2) is 17.5 Å². The van der Waals surface area contributed by atoms with Gasteiger partial charge in [-0.15, -0.1) is 10.2 Å². The number of nitrogens with one attached hydrogen (secondary N) is 2. The lowest BCUT2D eigenvalue weighted by molar-refractivity contribution is -0.140. The molecule has 2 N–H and O–H groups in total. The van der Waals surface area contributed by atoms with Gasteiger partial charge < -0.3 is 10.6 Å². The molecule has 0 bridgehead atoms. The zero-order valence-electron chi connectivity index (χ0n) is 19.3. The molecule has 1 aliphatic rings. The van der Waals surface area contributed by atoms with Crippen molar-refractivity contribution in [1.29, 1.82) is 0 Å². The van der Waals surface area contributed by atoms with E-state index in [2.05, 4.69) is 25.8 Å². The summed E-state index contributed by atoms with van der Waals surface area (Å²) in [5.74, 6) is -0.480. The number of carbonyl (C=O) groups excluding carboxylic acids is 1. The highest BCUT2D eigenvalue weighted by Gasteiger charge is 2.34. The van der Waals surface area contributed by atoms with Gasteiger partial charge in [0.25, 0.3) is 5.91 Å². The number of anilines is 3. The smallest absolute Gasteiger partial charge is 0.338 e. The van der Waals surface area contributed by atoms with E-state index in [0.717, 1.165) is 23.0 Å². The summed E-state index contributed by atoms with van der Waals surface area (Å²) < 4.78 is 54.5. The summed E-state index contributed by atoms with van der Waals surface area (Å²) in [4.78, 5) is 17.0. The number of fused-ring (bicyclic) bond motifs is 5. The number of carbonyl (C=O) groups is 1. The van der Waals surface area contributed by atoms with E-state index in [1.807, 2.05) is 41.0 Å². The molecule has 7 nitrogen and oxygen atoms in total. The van der Waals surface area contributed by atoms with E-state index in [9.17, 15) is 22.4 Å². The van der Waals surface area contributed by atoms with E-state index < -0.39 is 23.5 Å². The van der Waals surface area contributed by atoms with Crippen LogP contribution in [0.5, 0.6) is 0 Å². The molecule has 1 aliphatic heterocycles. The second kappa shape index (κ2) is 8.80. The van der Waals surface area contributed by atoms with Crippen molar-refractivity contribution in [2.45, 2.75) is 6.18 Å². The predicted octanol–water partition coefficient (Wildman–Crippen LogP) is 6.46. The van der Waals surface area contributed by atoms with E-state index in [-0.39, 0.29) is 5.56 Å². The number of benzene rings is 3. The maximum Gasteiger partial charge on any atom is 0.419 e. The summed E-state index contributed by atoms with van der Waals surface area (Å²) >= 11 is 0. The zero-order chi connectivity index (χ0) is 26.4. The van der Waals surface area contributed by atoms with Gasteiger partial charge in [0.1, 0.15) is 5.82 Å². The van der Waals surface area contributed by atoms with Crippen molar-refractivity contribution in [2.75, 3.05) is 10.6 Å². The van der Waals surface area contributed by atoms with Crippen molar-refractivity contribution < 1.29 is 22.4 Å². The Morgan fingerprint density at radius 1 is 0.895 bits per heavy atom. The highest BCUT2D eigenvalue weighted by atomic mass is 19.4. The minimum Gasteiger partial charge on any atom is -0.338 e. The van der Waals surface area contributed by atoms with Gasteiger partial charge in [-0.05, 0) is 66.7 Å². The molecule has 2 aromatic heterocycles. The SMILES string of the molecule is O=C(Nc1ccc(-c2nnc3n2-c2cccnc2Nc2ccccc2-3)cc1)c1ccc(F)c(C(F)(F)F)c1. The molecule has 0 unspecified atom stereocenters. The molecule has 11 heteroatoms. The molecular formula is C27H16F4N6O. The van der Waals surface area contributed by atoms with Crippen LogP contribution >= 0.6 is 0 Å². The second-order valence-corrected chi connectivity index (χ2v) is 8.45. The lowest BCUT2D eigenvalue weighted by Crippen LogP contribution is -2.15. The summed E-state index contributed by atoms with van der Waals surface area (Å²) in [6.45, 7) is 0. The molecule has 0 aliphatic carbocycles. The molecule has 0 saturated carbocycles. The molecule has 0 saturated heterocycles.